The van der Waals surface area contributed by atoms with Gasteiger partial charge in [0.1, 0.15) is 11.9 Å². The van der Waals surface area contributed by atoms with Crippen molar-refractivity contribution in [3.8, 4) is 5.75 Å². The molecule has 1 aliphatic heterocycles. The monoisotopic (exact) mass is 213 g/mol. The van der Waals surface area contributed by atoms with Crippen LogP contribution in [0.1, 0.15) is 5.56 Å². The van der Waals surface area contributed by atoms with Crippen molar-refractivity contribution in [2.75, 3.05) is 18.9 Å². The van der Waals surface area contributed by atoms with Gasteiger partial charge in [0, 0.05) is 10.6 Å². The number of hydrogen-bond donors (Lipinski definition) is 1. The van der Waals surface area contributed by atoms with E-state index >= 15 is 0 Å². The first-order chi connectivity index (χ1) is 6.68. The second-order valence-corrected chi connectivity index (χ2v) is 3.78. The van der Waals surface area contributed by atoms with Crippen molar-refractivity contribution in [1.82, 2.24) is 0 Å². The van der Waals surface area contributed by atoms with Gasteiger partial charge in [-0.05, 0) is 19.1 Å². The topological polar surface area (TPSA) is 44.5 Å². The van der Waals surface area contributed by atoms with E-state index in [0.29, 0.717) is 29.7 Å². The third-order valence-corrected chi connectivity index (χ3v) is 2.67. The van der Waals surface area contributed by atoms with E-state index in [1.165, 1.54) is 0 Å². The summed E-state index contributed by atoms with van der Waals surface area (Å²) in [7, 11) is 0. The summed E-state index contributed by atoms with van der Waals surface area (Å²) in [5, 5.41) is 0.675. The average molecular weight is 214 g/mol. The van der Waals surface area contributed by atoms with E-state index in [2.05, 4.69) is 0 Å². The first-order valence-corrected chi connectivity index (χ1v) is 4.85. The Bertz CT molecular complexity index is 350. The van der Waals surface area contributed by atoms with E-state index in [-0.39, 0.29) is 6.10 Å². The highest BCUT2D eigenvalue weighted by Crippen LogP contribution is 2.32. The predicted molar refractivity (Wildman–Crippen MR) is 55.8 cm³/mol. The molecule has 1 aromatic rings. The van der Waals surface area contributed by atoms with Gasteiger partial charge in [-0.1, -0.05) is 11.6 Å². The van der Waals surface area contributed by atoms with Gasteiger partial charge in [0.15, 0.2) is 0 Å². The lowest BCUT2D eigenvalue weighted by Gasteiger charge is -2.28. The van der Waals surface area contributed by atoms with Gasteiger partial charge in [-0.15, -0.1) is 0 Å². The van der Waals surface area contributed by atoms with E-state index in [0.717, 1.165) is 5.56 Å². The zero-order valence-electron chi connectivity index (χ0n) is 7.92. The van der Waals surface area contributed by atoms with Gasteiger partial charge >= 0.3 is 0 Å². The van der Waals surface area contributed by atoms with Crippen LogP contribution in [0.15, 0.2) is 12.1 Å². The lowest BCUT2D eigenvalue weighted by Crippen LogP contribution is -2.38. The highest BCUT2D eigenvalue weighted by Gasteiger charge is 2.22. The predicted octanol–water partition coefficient (Wildman–Crippen LogP) is 2.01. The summed E-state index contributed by atoms with van der Waals surface area (Å²) in [5.41, 5.74) is 7.30. The summed E-state index contributed by atoms with van der Waals surface area (Å²) < 4.78 is 10.7. The van der Waals surface area contributed by atoms with Gasteiger partial charge in [-0.3, -0.25) is 0 Å². The fourth-order valence-corrected chi connectivity index (χ4v) is 1.44. The maximum atomic E-state index is 5.96. The number of nitrogens with two attached hydrogens (primary N) is 1. The molecule has 0 radical (unpaired) electrons. The Labute approximate surface area is 87.8 Å². The summed E-state index contributed by atoms with van der Waals surface area (Å²) in [6.07, 6.45) is 0.120. The van der Waals surface area contributed by atoms with E-state index in [9.17, 15) is 0 Å². The molecule has 0 amide bonds. The number of rotatable bonds is 2. The number of benzene rings is 1. The van der Waals surface area contributed by atoms with E-state index < -0.39 is 0 Å². The molecule has 0 aliphatic carbocycles. The van der Waals surface area contributed by atoms with Gasteiger partial charge in [0.25, 0.3) is 0 Å². The van der Waals surface area contributed by atoms with Crippen molar-refractivity contribution in [1.29, 1.82) is 0 Å². The normalized spacial score (nSPS) is 16.4. The number of anilines is 1. The van der Waals surface area contributed by atoms with Crippen molar-refractivity contribution in [2.24, 2.45) is 0 Å². The molecule has 76 valence electrons. The van der Waals surface area contributed by atoms with Crippen LogP contribution in [-0.2, 0) is 4.74 Å². The van der Waals surface area contributed by atoms with Gasteiger partial charge < -0.3 is 15.2 Å². The summed E-state index contributed by atoms with van der Waals surface area (Å²) in [4.78, 5) is 0. The number of hydrogen-bond acceptors (Lipinski definition) is 3. The van der Waals surface area contributed by atoms with Crippen LogP contribution in [0.3, 0.4) is 0 Å². The number of ether oxygens (including phenoxy) is 2. The Morgan fingerprint density at radius 3 is 2.79 bits per heavy atom. The minimum absolute atomic E-state index is 0.120. The van der Waals surface area contributed by atoms with Gasteiger partial charge in [-0.25, -0.2) is 0 Å². The van der Waals surface area contributed by atoms with Crippen LogP contribution in [0.25, 0.3) is 0 Å². The smallest absolute Gasteiger partial charge is 0.147 e. The first kappa shape index (κ1) is 9.62. The lowest BCUT2D eigenvalue weighted by molar-refractivity contribution is -0.0796. The molecule has 0 unspecified atom stereocenters. The van der Waals surface area contributed by atoms with Crippen molar-refractivity contribution in [3.05, 3.63) is 22.7 Å². The van der Waals surface area contributed by atoms with Crippen LogP contribution in [0.5, 0.6) is 5.75 Å². The lowest BCUT2D eigenvalue weighted by atomic mass is 10.2. The van der Waals surface area contributed by atoms with Crippen molar-refractivity contribution >= 4 is 17.3 Å². The Hall–Kier alpha value is -0.930. The van der Waals surface area contributed by atoms with E-state index in [4.69, 9.17) is 26.8 Å². The molecule has 4 heteroatoms. The summed E-state index contributed by atoms with van der Waals surface area (Å²) in [6, 6.07) is 3.53. The van der Waals surface area contributed by atoms with Gasteiger partial charge in [0.05, 0.1) is 18.9 Å². The molecule has 1 heterocycles. The molecule has 0 spiro atoms. The Kier molecular flexibility index (Phi) is 2.52. The third-order valence-electron chi connectivity index (χ3n) is 2.26. The zero-order chi connectivity index (χ0) is 10.1. The fraction of sp³-hybridized carbons (Fsp3) is 0.400. The molecule has 0 saturated carbocycles. The van der Waals surface area contributed by atoms with Crippen molar-refractivity contribution < 1.29 is 9.47 Å². The number of nitrogen functional groups attached to an aromatic ring is 1. The van der Waals surface area contributed by atoms with Crippen LogP contribution in [0.4, 0.5) is 5.69 Å². The van der Waals surface area contributed by atoms with E-state index in [1.807, 2.05) is 6.92 Å². The standard InChI is InChI=1S/C10H12ClNO2/c1-6-8(11)2-3-9(12)10(6)14-7-4-13-5-7/h2-3,7H,4-5,12H2,1H3. The molecule has 1 aliphatic rings. The Morgan fingerprint density at radius 2 is 2.21 bits per heavy atom. The molecular formula is C10H12ClNO2. The molecule has 0 atom stereocenters. The molecule has 0 bridgehead atoms. The van der Waals surface area contributed by atoms with Crippen molar-refractivity contribution in [3.63, 3.8) is 0 Å². The first-order valence-electron chi connectivity index (χ1n) is 4.47. The highest BCUT2D eigenvalue weighted by molar-refractivity contribution is 6.31. The maximum absolute atomic E-state index is 5.96. The molecule has 2 N–H and O–H groups in total. The van der Waals surface area contributed by atoms with Crippen LogP contribution >= 0.6 is 11.6 Å². The van der Waals surface area contributed by atoms with Crippen molar-refractivity contribution in [2.45, 2.75) is 13.0 Å². The minimum atomic E-state index is 0.120. The molecule has 1 fully saturated rings. The molecule has 1 saturated heterocycles. The molecule has 0 aromatic heterocycles. The van der Waals surface area contributed by atoms with Crippen LogP contribution in [0.2, 0.25) is 5.02 Å². The van der Waals surface area contributed by atoms with Gasteiger partial charge in [0.2, 0.25) is 0 Å². The van der Waals surface area contributed by atoms with E-state index in [1.54, 1.807) is 12.1 Å². The van der Waals surface area contributed by atoms with Crippen LogP contribution in [0, 0.1) is 6.92 Å². The number of halogens is 1. The molecule has 2 rings (SSSR count). The molecular weight excluding hydrogens is 202 g/mol. The SMILES string of the molecule is Cc1c(Cl)ccc(N)c1OC1COC1. The average Bonchev–Trinajstić information content (AvgIpc) is 2.09. The zero-order valence-corrected chi connectivity index (χ0v) is 8.67. The summed E-state index contributed by atoms with van der Waals surface area (Å²) >= 11 is 5.96. The Morgan fingerprint density at radius 1 is 1.50 bits per heavy atom. The fourth-order valence-electron chi connectivity index (χ4n) is 1.29. The third kappa shape index (κ3) is 1.65. The quantitative estimate of drug-likeness (QED) is 0.765. The summed E-state index contributed by atoms with van der Waals surface area (Å²) in [5.74, 6) is 0.686. The largest absolute Gasteiger partial charge is 0.483 e. The molecule has 3 nitrogen and oxygen atoms in total. The minimum Gasteiger partial charge on any atom is -0.483 e. The van der Waals surface area contributed by atoms with Crippen LogP contribution in [-0.4, -0.2) is 19.3 Å². The summed E-state index contributed by atoms with van der Waals surface area (Å²) in [6.45, 7) is 3.16. The second kappa shape index (κ2) is 3.67. The maximum Gasteiger partial charge on any atom is 0.147 e. The Balaban J connectivity index is 2.25. The van der Waals surface area contributed by atoms with Crippen LogP contribution < -0.4 is 10.5 Å². The molecule has 1 aromatic carbocycles. The second-order valence-electron chi connectivity index (χ2n) is 3.37. The molecule has 14 heavy (non-hydrogen) atoms. The van der Waals surface area contributed by atoms with Gasteiger partial charge in [-0.2, -0.15) is 0 Å². The highest BCUT2D eigenvalue weighted by atomic mass is 35.5.